The Morgan fingerprint density at radius 1 is 0.923 bits per heavy atom. The Labute approximate surface area is 158 Å². The van der Waals surface area contributed by atoms with Crippen molar-refractivity contribution in [2.24, 2.45) is 4.99 Å². The molecular formula is C16H36N2O6P2. The van der Waals surface area contributed by atoms with Crippen LogP contribution in [0.1, 0.15) is 41.5 Å². The Morgan fingerprint density at radius 2 is 1.42 bits per heavy atom. The van der Waals surface area contributed by atoms with E-state index in [2.05, 4.69) is 29.7 Å². The molecule has 0 amide bonds. The maximum absolute atomic E-state index is 11.3. The van der Waals surface area contributed by atoms with Gasteiger partial charge in [-0.05, 0) is 27.7 Å². The molecule has 0 radical (unpaired) electrons. The van der Waals surface area contributed by atoms with Crippen LogP contribution in [0.5, 0.6) is 0 Å². The van der Waals surface area contributed by atoms with Crippen molar-refractivity contribution in [1.29, 1.82) is 0 Å². The SMILES string of the molecule is CCOP(=O)(CC)OCC.CCOP(=O)([O-])CC.CC[N+]1(C)C=CN=C1. The number of hydrogen-bond acceptors (Lipinski definition) is 7. The van der Waals surface area contributed by atoms with Gasteiger partial charge in [-0.25, -0.2) is 4.99 Å². The molecule has 0 saturated heterocycles. The lowest BCUT2D eigenvalue weighted by atomic mass is 10.5. The zero-order valence-electron chi connectivity index (χ0n) is 17.2. The van der Waals surface area contributed by atoms with Crippen LogP contribution in [0, 0.1) is 0 Å². The first-order valence-corrected chi connectivity index (χ1v) is 12.4. The van der Waals surface area contributed by atoms with Crippen molar-refractivity contribution in [2.45, 2.75) is 41.5 Å². The minimum Gasteiger partial charge on any atom is -0.779 e. The first-order valence-electron chi connectivity index (χ1n) is 8.97. The van der Waals surface area contributed by atoms with Gasteiger partial charge in [-0.3, -0.25) is 9.05 Å². The monoisotopic (exact) mass is 414 g/mol. The molecule has 26 heavy (non-hydrogen) atoms. The van der Waals surface area contributed by atoms with E-state index in [1.54, 1.807) is 34.6 Å². The molecule has 0 bridgehead atoms. The van der Waals surface area contributed by atoms with Gasteiger partial charge < -0.3 is 23.0 Å². The molecule has 0 fully saturated rings. The van der Waals surface area contributed by atoms with E-state index in [0.717, 1.165) is 11.0 Å². The highest BCUT2D eigenvalue weighted by atomic mass is 31.2. The van der Waals surface area contributed by atoms with Crippen molar-refractivity contribution < 1.29 is 32.1 Å². The van der Waals surface area contributed by atoms with Crippen LogP contribution < -0.4 is 4.89 Å². The van der Waals surface area contributed by atoms with E-state index < -0.39 is 15.2 Å². The van der Waals surface area contributed by atoms with Crippen molar-refractivity contribution in [2.75, 3.05) is 45.7 Å². The summed E-state index contributed by atoms with van der Waals surface area (Å²) in [6, 6.07) is 0. The van der Waals surface area contributed by atoms with Crippen molar-refractivity contribution in [3.8, 4) is 0 Å². The summed E-state index contributed by atoms with van der Waals surface area (Å²) in [5.74, 6) is 0. The quantitative estimate of drug-likeness (QED) is 0.420. The molecule has 0 N–H and O–H groups in total. The first-order chi connectivity index (χ1) is 12.1. The Hall–Kier alpha value is -0.330. The van der Waals surface area contributed by atoms with Gasteiger partial charge in [-0.1, -0.05) is 13.8 Å². The highest BCUT2D eigenvalue weighted by molar-refractivity contribution is 7.53. The van der Waals surface area contributed by atoms with Crippen LogP contribution in [0.25, 0.3) is 0 Å². The molecule has 156 valence electrons. The van der Waals surface area contributed by atoms with Crippen LogP contribution in [0.15, 0.2) is 17.4 Å². The summed E-state index contributed by atoms with van der Waals surface area (Å²) >= 11 is 0. The predicted octanol–water partition coefficient (Wildman–Crippen LogP) is 3.83. The number of rotatable bonds is 9. The summed E-state index contributed by atoms with van der Waals surface area (Å²) in [5, 5.41) is 0. The fourth-order valence-corrected chi connectivity index (χ4v) is 3.31. The van der Waals surface area contributed by atoms with Crippen molar-refractivity contribution in [1.82, 2.24) is 0 Å². The van der Waals surface area contributed by atoms with Gasteiger partial charge in [0, 0.05) is 12.3 Å². The van der Waals surface area contributed by atoms with Crippen LogP contribution in [-0.2, 0) is 22.7 Å². The number of nitrogens with zero attached hydrogens (tertiary/aromatic N) is 2. The third-order valence-corrected chi connectivity index (χ3v) is 6.76. The van der Waals surface area contributed by atoms with Gasteiger partial charge in [0.15, 0.2) is 6.34 Å². The lowest BCUT2D eigenvalue weighted by Crippen LogP contribution is -2.33. The smallest absolute Gasteiger partial charge is 0.330 e. The van der Waals surface area contributed by atoms with Gasteiger partial charge in [0.1, 0.15) is 13.8 Å². The van der Waals surface area contributed by atoms with Crippen molar-refractivity contribution in [3.05, 3.63) is 12.4 Å². The van der Waals surface area contributed by atoms with E-state index in [0.29, 0.717) is 19.4 Å². The summed E-state index contributed by atoms with van der Waals surface area (Å²) in [7, 11) is -4.01. The third kappa shape index (κ3) is 13.8. The predicted molar refractivity (Wildman–Crippen MR) is 106 cm³/mol. The summed E-state index contributed by atoms with van der Waals surface area (Å²) in [5.41, 5.74) is 0. The highest BCUT2D eigenvalue weighted by Gasteiger charge is 2.19. The number of aliphatic imine (C=N–C) groups is 1. The Balaban J connectivity index is 0. The maximum Gasteiger partial charge on any atom is 0.330 e. The van der Waals surface area contributed by atoms with Crippen LogP contribution >= 0.6 is 15.2 Å². The summed E-state index contributed by atoms with van der Waals surface area (Å²) < 4.78 is 36.9. The fourth-order valence-electron chi connectivity index (χ4n) is 1.51. The van der Waals surface area contributed by atoms with Gasteiger partial charge in [0.2, 0.25) is 0 Å². The summed E-state index contributed by atoms with van der Waals surface area (Å²) in [4.78, 5) is 14.4. The van der Waals surface area contributed by atoms with Gasteiger partial charge in [-0.2, -0.15) is 0 Å². The molecule has 0 saturated carbocycles. The second-order valence-electron chi connectivity index (χ2n) is 5.33. The van der Waals surface area contributed by atoms with E-state index in [4.69, 9.17) is 9.05 Å². The van der Waals surface area contributed by atoms with Crippen molar-refractivity contribution >= 4 is 21.5 Å². The molecule has 8 nitrogen and oxygen atoms in total. The van der Waals surface area contributed by atoms with E-state index in [1.807, 2.05) is 12.5 Å². The zero-order chi connectivity index (χ0) is 20.7. The summed E-state index contributed by atoms with van der Waals surface area (Å²) in [6.07, 6.45) is 6.37. The molecule has 0 spiro atoms. The van der Waals surface area contributed by atoms with Gasteiger partial charge in [0.25, 0.3) is 0 Å². The molecule has 0 aliphatic carbocycles. The minimum atomic E-state index is -3.42. The maximum atomic E-state index is 11.3. The molecule has 0 aromatic heterocycles. The molecule has 1 rings (SSSR count). The third-order valence-electron chi connectivity index (χ3n) is 3.26. The number of hydrogen-bond donors (Lipinski definition) is 0. The van der Waals surface area contributed by atoms with Crippen LogP contribution in [-0.4, -0.2) is 56.6 Å². The second-order valence-corrected chi connectivity index (χ2v) is 9.82. The van der Waals surface area contributed by atoms with Crippen molar-refractivity contribution in [3.63, 3.8) is 0 Å². The van der Waals surface area contributed by atoms with E-state index in [1.165, 1.54) is 0 Å². The van der Waals surface area contributed by atoms with E-state index in [9.17, 15) is 14.0 Å². The molecule has 0 aromatic rings. The highest BCUT2D eigenvalue weighted by Crippen LogP contribution is 2.47. The normalized spacial score (nSPS) is 20.6. The van der Waals surface area contributed by atoms with Crippen LogP contribution in [0.2, 0.25) is 0 Å². The first kappa shape index (κ1) is 27.9. The molecule has 1 heterocycles. The Bertz CT molecular complexity index is 489. The molecular weight excluding hydrogens is 378 g/mol. The van der Waals surface area contributed by atoms with E-state index >= 15 is 0 Å². The largest absolute Gasteiger partial charge is 0.779 e. The average Bonchev–Trinajstić information content (AvgIpc) is 3.04. The Morgan fingerprint density at radius 3 is 1.62 bits per heavy atom. The van der Waals surface area contributed by atoms with Gasteiger partial charge in [0.05, 0.1) is 39.6 Å². The molecule has 1 aliphatic heterocycles. The van der Waals surface area contributed by atoms with Crippen LogP contribution in [0.4, 0.5) is 0 Å². The standard InChI is InChI=1S/C6H11N2.C6H15O3P.C4H11O3P/c1-3-8(2)5-4-7-6-8;1-4-8-10(7,6-3)9-5-2;1-3-7-8(5,6)4-2/h4-6H,3H2,1-2H3;4-6H2,1-3H3;3-4H2,1-2H3,(H,5,6)/q+1;;/p-1. The van der Waals surface area contributed by atoms with Crippen LogP contribution in [0.3, 0.4) is 0 Å². The lowest BCUT2D eigenvalue weighted by molar-refractivity contribution is -0.753. The minimum absolute atomic E-state index is 0.0842. The van der Waals surface area contributed by atoms with Gasteiger partial charge >= 0.3 is 7.60 Å². The number of quaternary nitrogens is 1. The molecule has 10 heteroatoms. The summed E-state index contributed by atoms with van der Waals surface area (Å²) in [6.45, 7) is 13.0. The average molecular weight is 414 g/mol. The zero-order valence-corrected chi connectivity index (χ0v) is 19.0. The second kappa shape index (κ2) is 14.7. The molecule has 2 unspecified atom stereocenters. The molecule has 0 aromatic carbocycles. The molecule has 1 aliphatic rings. The lowest BCUT2D eigenvalue weighted by Gasteiger charge is -2.19. The fraction of sp³-hybridized carbons (Fsp3) is 0.812. The Kier molecular flexibility index (Phi) is 15.8. The van der Waals surface area contributed by atoms with E-state index in [-0.39, 0.29) is 12.8 Å². The molecule has 2 atom stereocenters. The topological polar surface area (TPSA) is 97.2 Å². The van der Waals surface area contributed by atoms with Gasteiger partial charge in [-0.15, -0.1) is 0 Å².